The molecule has 1 N–H and O–H groups in total. The molecule has 0 saturated carbocycles. The largest absolute Gasteiger partial charge is 0.380 e. The van der Waals surface area contributed by atoms with Crippen LogP contribution < -0.4 is 5.32 Å². The van der Waals surface area contributed by atoms with Crippen molar-refractivity contribution in [3.8, 4) is 0 Å². The Bertz CT molecular complexity index is 456. The molecule has 0 atom stereocenters. The maximum atomic E-state index is 12.3. The van der Waals surface area contributed by atoms with Crippen LogP contribution in [0.25, 0.3) is 0 Å². The molecule has 0 unspecified atom stereocenters. The summed E-state index contributed by atoms with van der Waals surface area (Å²) in [4.78, 5) is 25.2. The van der Waals surface area contributed by atoms with Crippen LogP contribution in [0.3, 0.4) is 0 Å². The van der Waals surface area contributed by atoms with Crippen LogP contribution in [0, 0.1) is 0 Å². The van der Waals surface area contributed by atoms with E-state index in [9.17, 15) is 9.59 Å². The molecule has 0 spiro atoms. The summed E-state index contributed by atoms with van der Waals surface area (Å²) in [7, 11) is 1.64. The van der Waals surface area contributed by atoms with Crippen LogP contribution in [-0.4, -0.2) is 43.5 Å². The predicted octanol–water partition coefficient (Wildman–Crippen LogP) is 0.795. The molecule has 19 heavy (non-hydrogen) atoms. The van der Waals surface area contributed by atoms with E-state index in [0.717, 1.165) is 5.56 Å². The molecule has 1 heterocycles. The second kappa shape index (κ2) is 6.33. The smallest absolute Gasteiger partial charge is 0.253 e. The average molecular weight is 262 g/mol. The van der Waals surface area contributed by atoms with E-state index in [-0.39, 0.29) is 11.8 Å². The lowest BCUT2D eigenvalue weighted by Crippen LogP contribution is -2.34. The SMILES string of the molecule is COCc1ccc(C(=O)N2CCNC(=O)CC2)cc1. The zero-order valence-corrected chi connectivity index (χ0v) is 11.0. The number of ether oxygens (including phenoxy) is 1. The van der Waals surface area contributed by atoms with Gasteiger partial charge in [0.25, 0.3) is 5.91 Å². The summed E-state index contributed by atoms with van der Waals surface area (Å²) >= 11 is 0. The zero-order chi connectivity index (χ0) is 13.7. The molecule has 1 aliphatic rings. The molecule has 1 aromatic rings. The average Bonchev–Trinajstić information content (AvgIpc) is 2.64. The van der Waals surface area contributed by atoms with E-state index >= 15 is 0 Å². The van der Waals surface area contributed by atoms with Gasteiger partial charge in [-0.3, -0.25) is 9.59 Å². The molecule has 1 aromatic carbocycles. The highest BCUT2D eigenvalue weighted by atomic mass is 16.5. The minimum Gasteiger partial charge on any atom is -0.380 e. The summed E-state index contributed by atoms with van der Waals surface area (Å²) in [6, 6.07) is 7.38. The Balaban J connectivity index is 2.03. The van der Waals surface area contributed by atoms with Gasteiger partial charge in [0.05, 0.1) is 6.61 Å². The minimum absolute atomic E-state index is 0.00532. The van der Waals surface area contributed by atoms with Gasteiger partial charge in [0.15, 0.2) is 0 Å². The maximum Gasteiger partial charge on any atom is 0.253 e. The molecular formula is C14H18N2O3. The number of nitrogens with zero attached hydrogens (tertiary/aromatic N) is 1. The van der Waals surface area contributed by atoms with Gasteiger partial charge < -0.3 is 15.0 Å². The number of nitrogens with one attached hydrogen (secondary N) is 1. The van der Waals surface area contributed by atoms with Crippen LogP contribution >= 0.6 is 0 Å². The highest BCUT2D eigenvalue weighted by Gasteiger charge is 2.19. The van der Waals surface area contributed by atoms with Crippen molar-refractivity contribution in [3.63, 3.8) is 0 Å². The van der Waals surface area contributed by atoms with E-state index in [1.54, 1.807) is 24.1 Å². The van der Waals surface area contributed by atoms with E-state index < -0.39 is 0 Å². The fraction of sp³-hybridized carbons (Fsp3) is 0.429. The van der Waals surface area contributed by atoms with Crippen LogP contribution in [0.5, 0.6) is 0 Å². The number of rotatable bonds is 3. The summed E-state index contributed by atoms with van der Waals surface area (Å²) in [6.07, 6.45) is 0.369. The second-order valence-corrected chi connectivity index (χ2v) is 4.52. The molecule has 0 aliphatic carbocycles. The first-order valence-corrected chi connectivity index (χ1v) is 6.34. The van der Waals surface area contributed by atoms with Gasteiger partial charge in [0.1, 0.15) is 0 Å². The number of hydrogen-bond donors (Lipinski definition) is 1. The second-order valence-electron chi connectivity index (χ2n) is 4.52. The van der Waals surface area contributed by atoms with Crippen LogP contribution in [0.2, 0.25) is 0 Å². The third kappa shape index (κ3) is 3.54. The Hall–Kier alpha value is -1.88. The third-order valence-corrected chi connectivity index (χ3v) is 3.11. The Labute approximate surface area is 112 Å². The van der Waals surface area contributed by atoms with E-state index in [1.165, 1.54) is 0 Å². The molecular weight excluding hydrogens is 244 g/mol. The Morgan fingerprint density at radius 3 is 2.74 bits per heavy atom. The van der Waals surface area contributed by atoms with Gasteiger partial charge >= 0.3 is 0 Å². The van der Waals surface area contributed by atoms with Gasteiger partial charge in [-0.2, -0.15) is 0 Å². The molecule has 0 aromatic heterocycles. The minimum atomic E-state index is -0.0273. The Kier molecular flexibility index (Phi) is 4.52. The molecule has 5 heteroatoms. The molecule has 1 saturated heterocycles. The van der Waals surface area contributed by atoms with E-state index in [0.29, 0.717) is 38.2 Å². The lowest BCUT2D eigenvalue weighted by Gasteiger charge is -2.19. The summed E-state index contributed by atoms with van der Waals surface area (Å²) in [5.74, 6) is -0.0220. The standard InChI is InChI=1S/C14H18N2O3/c1-19-10-11-2-4-12(5-3-11)14(18)16-8-6-13(17)15-7-9-16/h2-5H,6-10H2,1H3,(H,15,17). The number of methoxy groups -OCH3 is 1. The highest BCUT2D eigenvalue weighted by molar-refractivity contribution is 5.94. The first-order chi connectivity index (χ1) is 9.20. The van der Waals surface area contributed by atoms with Crippen molar-refractivity contribution in [1.82, 2.24) is 10.2 Å². The van der Waals surface area contributed by atoms with Gasteiger partial charge in [0, 0.05) is 38.7 Å². The molecule has 0 bridgehead atoms. The highest BCUT2D eigenvalue weighted by Crippen LogP contribution is 2.10. The van der Waals surface area contributed by atoms with Crippen molar-refractivity contribution in [2.75, 3.05) is 26.7 Å². The predicted molar refractivity (Wildman–Crippen MR) is 70.7 cm³/mol. The number of carbonyl (C=O) groups excluding carboxylic acids is 2. The quantitative estimate of drug-likeness (QED) is 0.876. The van der Waals surface area contributed by atoms with Gasteiger partial charge in [-0.1, -0.05) is 12.1 Å². The number of benzene rings is 1. The summed E-state index contributed by atoms with van der Waals surface area (Å²) in [5, 5.41) is 2.76. The van der Waals surface area contributed by atoms with Crippen molar-refractivity contribution in [2.24, 2.45) is 0 Å². The molecule has 2 amide bonds. The fourth-order valence-electron chi connectivity index (χ4n) is 2.06. The van der Waals surface area contributed by atoms with Crippen molar-refractivity contribution in [1.29, 1.82) is 0 Å². The molecule has 2 rings (SSSR count). The summed E-state index contributed by atoms with van der Waals surface area (Å²) in [5.41, 5.74) is 1.68. The first-order valence-electron chi connectivity index (χ1n) is 6.34. The molecule has 1 fully saturated rings. The van der Waals surface area contributed by atoms with Crippen LogP contribution in [-0.2, 0) is 16.1 Å². The molecule has 0 radical (unpaired) electrons. The molecule has 102 valence electrons. The number of carbonyl (C=O) groups is 2. The van der Waals surface area contributed by atoms with Crippen LogP contribution in [0.1, 0.15) is 22.3 Å². The Morgan fingerprint density at radius 1 is 1.32 bits per heavy atom. The van der Waals surface area contributed by atoms with Gasteiger partial charge in [-0.25, -0.2) is 0 Å². The van der Waals surface area contributed by atoms with Gasteiger partial charge in [0.2, 0.25) is 5.91 Å². The van der Waals surface area contributed by atoms with Gasteiger partial charge in [-0.15, -0.1) is 0 Å². The van der Waals surface area contributed by atoms with Crippen LogP contribution in [0.4, 0.5) is 0 Å². The summed E-state index contributed by atoms with van der Waals surface area (Å²) < 4.78 is 5.03. The number of hydrogen-bond acceptors (Lipinski definition) is 3. The molecule has 5 nitrogen and oxygen atoms in total. The molecule has 1 aliphatic heterocycles. The zero-order valence-electron chi connectivity index (χ0n) is 11.0. The van der Waals surface area contributed by atoms with E-state index in [4.69, 9.17) is 4.74 Å². The third-order valence-electron chi connectivity index (χ3n) is 3.11. The van der Waals surface area contributed by atoms with Crippen molar-refractivity contribution in [3.05, 3.63) is 35.4 Å². The number of amides is 2. The van der Waals surface area contributed by atoms with Crippen molar-refractivity contribution >= 4 is 11.8 Å². The van der Waals surface area contributed by atoms with E-state index in [2.05, 4.69) is 5.32 Å². The van der Waals surface area contributed by atoms with Crippen molar-refractivity contribution in [2.45, 2.75) is 13.0 Å². The first kappa shape index (κ1) is 13.5. The fourth-order valence-corrected chi connectivity index (χ4v) is 2.06. The monoisotopic (exact) mass is 262 g/mol. The van der Waals surface area contributed by atoms with Crippen LogP contribution in [0.15, 0.2) is 24.3 Å². The summed E-state index contributed by atoms with van der Waals surface area (Å²) in [6.45, 7) is 2.10. The Morgan fingerprint density at radius 2 is 2.05 bits per heavy atom. The lowest BCUT2D eigenvalue weighted by molar-refractivity contribution is -0.120. The van der Waals surface area contributed by atoms with Crippen molar-refractivity contribution < 1.29 is 14.3 Å². The van der Waals surface area contributed by atoms with Gasteiger partial charge in [-0.05, 0) is 17.7 Å². The van der Waals surface area contributed by atoms with E-state index in [1.807, 2.05) is 12.1 Å². The topological polar surface area (TPSA) is 58.6 Å². The normalized spacial score (nSPS) is 15.8. The maximum absolute atomic E-state index is 12.3. The lowest BCUT2D eigenvalue weighted by atomic mass is 10.1.